The van der Waals surface area contributed by atoms with E-state index in [0.29, 0.717) is 24.2 Å². The van der Waals surface area contributed by atoms with Crippen LogP contribution in [-0.4, -0.2) is 18.2 Å². The second-order valence-corrected chi connectivity index (χ2v) is 14.2. The number of carbonyl (C=O) groups is 1. The van der Waals surface area contributed by atoms with Gasteiger partial charge in [-0.15, -0.1) is 0 Å². The first-order valence-electron chi connectivity index (χ1n) is 13.5. The van der Waals surface area contributed by atoms with Gasteiger partial charge in [-0.1, -0.05) is 12.1 Å². The van der Waals surface area contributed by atoms with Crippen molar-refractivity contribution in [2.24, 2.45) is 23.7 Å². The van der Waals surface area contributed by atoms with Crippen molar-refractivity contribution in [3.05, 3.63) is 91.3 Å². The molecule has 0 aromatic heterocycles. The Morgan fingerprint density at radius 3 is 1.92 bits per heavy atom. The molecule has 0 amide bonds. The minimum absolute atomic E-state index is 0.0649. The Kier molecular flexibility index (Phi) is 7.34. The van der Waals surface area contributed by atoms with Crippen LogP contribution in [0.2, 0.25) is 0 Å². The zero-order valence-electron chi connectivity index (χ0n) is 21.6. The highest BCUT2D eigenvalue weighted by atomic mass is 127. The summed E-state index contributed by atoms with van der Waals surface area (Å²) in [7, 11) is 0. The van der Waals surface area contributed by atoms with Crippen LogP contribution in [-0.2, 0) is 16.1 Å². The molecule has 0 aliphatic heterocycles. The summed E-state index contributed by atoms with van der Waals surface area (Å²) < 4.78 is 33.3. The van der Waals surface area contributed by atoms with Crippen LogP contribution >= 0.6 is 0 Å². The van der Waals surface area contributed by atoms with Crippen molar-refractivity contribution < 1.29 is 44.6 Å². The Bertz CT molecular complexity index is 1230. The number of esters is 1. The van der Waals surface area contributed by atoms with Crippen LogP contribution in [0.1, 0.15) is 44.6 Å². The third-order valence-electron chi connectivity index (χ3n) is 8.61. The molecule has 4 saturated carbocycles. The summed E-state index contributed by atoms with van der Waals surface area (Å²) in [6.45, 7) is 2.54. The lowest BCUT2D eigenvalue weighted by molar-refractivity contribution is -0.597. The first-order valence-corrected chi connectivity index (χ1v) is 15.7. The van der Waals surface area contributed by atoms with Gasteiger partial charge in [-0.05, 0) is 129 Å². The highest BCUT2D eigenvalue weighted by Gasteiger charge is 2.57. The smallest absolute Gasteiger partial charge is 0.357 e. The fraction of sp³-hybridized carbons (Fsp3) is 0.406. The molecule has 7 rings (SSSR count). The summed E-state index contributed by atoms with van der Waals surface area (Å²) in [6.07, 6.45) is 6.23. The highest BCUT2D eigenvalue weighted by molar-refractivity contribution is 5.71. The number of benzene rings is 3. The van der Waals surface area contributed by atoms with Gasteiger partial charge in [0, 0.05) is 0 Å². The number of ether oxygens (including phenoxy) is 3. The maximum absolute atomic E-state index is 13.1. The van der Waals surface area contributed by atoms with Crippen LogP contribution in [0.15, 0.2) is 72.8 Å². The number of carbonyl (C=O) groups excluding carboxylic acids is 1. The van der Waals surface area contributed by atoms with Crippen molar-refractivity contribution in [1.82, 2.24) is 0 Å². The SMILES string of the molecule is CC1(OC(=O)COc2ccc(COc3ccc([I+]c4ccc(F)cc4)cc3)cc2)C2CC3CC(C2)CC1C3. The third kappa shape index (κ3) is 5.70. The standard InChI is InChI=1S/C32H33FIO4/c1-32(24-15-22-14-23(17-24)18-25(32)16-22)38-31(35)20-37-29-10-2-21(3-11-29)19-36-30-12-8-28(9-13-30)34-27-6-4-26(33)5-7-27/h2-13,22-25H,14-20H2,1H3/q+1. The van der Waals surface area contributed by atoms with Gasteiger partial charge in [-0.25, -0.2) is 9.18 Å². The molecule has 0 radical (unpaired) electrons. The van der Waals surface area contributed by atoms with E-state index in [1.807, 2.05) is 48.5 Å². The van der Waals surface area contributed by atoms with Crippen molar-refractivity contribution in [3.8, 4) is 11.5 Å². The lowest BCUT2D eigenvalue weighted by Crippen LogP contribution is -3.61. The van der Waals surface area contributed by atoms with Gasteiger partial charge in [0.05, 0.1) is 0 Å². The molecule has 38 heavy (non-hydrogen) atoms. The van der Waals surface area contributed by atoms with Crippen LogP contribution in [0.5, 0.6) is 11.5 Å². The van der Waals surface area contributed by atoms with E-state index in [-0.39, 0.29) is 45.2 Å². The normalized spacial score (nSPS) is 27.2. The van der Waals surface area contributed by atoms with Gasteiger partial charge in [0.1, 0.15) is 29.5 Å². The zero-order valence-corrected chi connectivity index (χ0v) is 23.7. The number of rotatable bonds is 9. The second kappa shape index (κ2) is 10.9. The number of halogens is 2. The molecule has 0 heterocycles. The molecule has 3 aromatic rings. The summed E-state index contributed by atoms with van der Waals surface area (Å²) in [6, 6.07) is 22.5. The molecule has 0 unspecified atom stereocenters. The Morgan fingerprint density at radius 1 is 0.789 bits per heavy atom. The summed E-state index contributed by atoms with van der Waals surface area (Å²) >= 11 is -0.345. The van der Waals surface area contributed by atoms with Gasteiger partial charge in [0.15, 0.2) is 13.7 Å². The quantitative estimate of drug-likeness (QED) is 0.269. The van der Waals surface area contributed by atoms with E-state index in [9.17, 15) is 9.18 Å². The highest BCUT2D eigenvalue weighted by Crippen LogP contribution is 2.59. The van der Waals surface area contributed by atoms with E-state index in [1.54, 1.807) is 0 Å². The van der Waals surface area contributed by atoms with Gasteiger partial charge >= 0.3 is 27.2 Å². The molecule has 198 valence electrons. The topological polar surface area (TPSA) is 44.8 Å². The van der Waals surface area contributed by atoms with E-state index < -0.39 is 0 Å². The molecule has 4 aliphatic rings. The van der Waals surface area contributed by atoms with Crippen molar-refractivity contribution >= 4 is 5.97 Å². The molecule has 0 spiro atoms. The Labute approximate surface area is 234 Å². The largest absolute Gasteiger partial charge is 0.489 e. The molecule has 0 atom stereocenters. The summed E-state index contributed by atoms with van der Waals surface area (Å²) in [5.41, 5.74) is 0.694. The van der Waals surface area contributed by atoms with Crippen LogP contribution in [0.25, 0.3) is 0 Å². The maximum Gasteiger partial charge on any atom is 0.357 e. The van der Waals surface area contributed by atoms with Gasteiger partial charge < -0.3 is 14.2 Å². The van der Waals surface area contributed by atoms with Crippen molar-refractivity contribution in [2.75, 3.05) is 6.61 Å². The van der Waals surface area contributed by atoms with Gasteiger partial charge in [0.2, 0.25) is 0 Å². The maximum atomic E-state index is 13.1. The third-order valence-corrected chi connectivity index (χ3v) is 11.3. The van der Waals surface area contributed by atoms with E-state index >= 15 is 0 Å². The van der Waals surface area contributed by atoms with Crippen LogP contribution < -0.4 is 30.7 Å². The first kappa shape index (κ1) is 25.7. The Balaban J connectivity index is 0.955. The van der Waals surface area contributed by atoms with Crippen molar-refractivity contribution in [3.63, 3.8) is 0 Å². The Morgan fingerprint density at radius 2 is 1.32 bits per heavy atom. The van der Waals surface area contributed by atoms with Gasteiger partial charge in [-0.2, -0.15) is 0 Å². The van der Waals surface area contributed by atoms with Gasteiger partial charge in [-0.3, -0.25) is 0 Å². The molecule has 0 N–H and O–H groups in total. The van der Waals surface area contributed by atoms with E-state index in [1.165, 1.54) is 51.4 Å². The van der Waals surface area contributed by atoms with Gasteiger partial charge in [0.25, 0.3) is 0 Å². The molecular weight excluding hydrogens is 594 g/mol. The van der Waals surface area contributed by atoms with Crippen molar-refractivity contribution in [1.29, 1.82) is 0 Å². The lowest BCUT2D eigenvalue weighted by Gasteiger charge is -2.59. The molecule has 4 bridgehead atoms. The summed E-state index contributed by atoms with van der Waals surface area (Å²) in [4.78, 5) is 12.7. The molecule has 6 heteroatoms. The van der Waals surface area contributed by atoms with Crippen LogP contribution in [0, 0.1) is 36.6 Å². The zero-order chi connectivity index (χ0) is 26.1. The van der Waals surface area contributed by atoms with E-state index in [4.69, 9.17) is 14.2 Å². The molecular formula is C32H33FIO4+. The first-order chi connectivity index (χ1) is 18.4. The summed E-state index contributed by atoms with van der Waals surface area (Å²) in [5, 5.41) is 0. The minimum Gasteiger partial charge on any atom is -0.489 e. The lowest BCUT2D eigenvalue weighted by atomic mass is 9.50. The Hall–Kier alpha value is -2.61. The monoisotopic (exact) mass is 627 g/mol. The molecule has 3 aromatic carbocycles. The predicted octanol–water partition coefficient (Wildman–Crippen LogP) is 3.67. The van der Waals surface area contributed by atoms with Crippen LogP contribution in [0.3, 0.4) is 0 Å². The summed E-state index contributed by atoms with van der Waals surface area (Å²) in [5.74, 6) is 3.69. The molecule has 4 aliphatic carbocycles. The minimum atomic E-state index is -0.345. The predicted molar refractivity (Wildman–Crippen MR) is 138 cm³/mol. The average molecular weight is 628 g/mol. The van der Waals surface area contributed by atoms with E-state index in [0.717, 1.165) is 23.1 Å². The van der Waals surface area contributed by atoms with Crippen molar-refractivity contribution in [2.45, 2.75) is 51.2 Å². The molecule has 0 saturated heterocycles. The molecule has 4 fully saturated rings. The number of hydrogen-bond donors (Lipinski definition) is 0. The van der Waals surface area contributed by atoms with Crippen LogP contribution in [0.4, 0.5) is 4.39 Å². The van der Waals surface area contributed by atoms with E-state index in [2.05, 4.69) is 19.1 Å². The number of hydrogen-bond acceptors (Lipinski definition) is 4. The fourth-order valence-electron chi connectivity index (χ4n) is 6.76. The molecule has 4 nitrogen and oxygen atoms in total. The second-order valence-electron chi connectivity index (χ2n) is 11.2. The fourth-order valence-corrected chi connectivity index (χ4v) is 8.92. The average Bonchev–Trinajstić information content (AvgIpc) is 2.92.